The molecule has 0 spiro atoms. The fraction of sp³-hybridized carbons (Fsp3) is 0.130. The predicted molar refractivity (Wildman–Crippen MR) is 200 cm³/mol. The molecule has 0 atom stereocenters. The van der Waals surface area contributed by atoms with Crippen molar-refractivity contribution in [1.29, 1.82) is 0 Å². The summed E-state index contributed by atoms with van der Waals surface area (Å²) in [5, 5.41) is 8.14. The van der Waals surface area contributed by atoms with Gasteiger partial charge in [-0.3, -0.25) is 0 Å². The molecule has 0 radical (unpaired) electrons. The summed E-state index contributed by atoms with van der Waals surface area (Å²) in [5.41, 5.74) is 14.4. The minimum atomic E-state index is -0.184. The first-order valence-electron chi connectivity index (χ1n) is 16.8. The van der Waals surface area contributed by atoms with E-state index in [4.69, 9.17) is 0 Å². The molecular weight excluding hydrogens is 567 g/mol. The molecule has 2 aliphatic rings. The maximum atomic E-state index is 2.52. The summed E-state index contributed by atoms with van der Waals surface area (Å²) in [5.74, 6) is 0. The van der Waals surface area contributed by atoms with Crippen molar-refractivity contribution in [2.75, 3.05) is 4.90 Å². The van der Waals surface area contributed by atoms with Gasteiger partial charge in [0.1, 0.15) is 0 Å². The molecule has 10 rings (SSSR count). The molecule has 0 fully saturated rings. The van der Waals surface area contributed by atoms with Crippen molar-refractivity contribution >= 4 is 49.4 Å². The van der Waals surface area contributed by atoms with Crippen LogP contribution < -0.4 is 4.90 Å². The lowest BCUT2D eigenvalue weighted by Crippen LogP contribution is -2.24. The Morgan fingerprint density at radius 1 is 0.404 bits per heavy atom. The van der Waals surface area contributed by atoms with E-state index in [1.807, 2.05) is 0 Å². The van der Waals surface area contributed by atoms with Crippen LogP contribution in [0.3, 0.4) is 0 Å². The Bertz CT molecular complexity index is 2510. The second kappa shape index (κ2) is 9.11. The maximum absolute atomic E-state index is 2.52. The van der Waals surface area contributed by atoms with Crippen LogP contribution in [0.15, 0.2) is 140 Å². The first-order valence-corrected chi connectivity index (χ1v) is 16.8. The number of anilines is 3. The number of nitrogens with zero attached hydrogens (tertiary/aromatic N) is 1. The summed E-state index contributed by atoms with van der Waals surface area (Å²) in [6.45, 7) is 9.61. The minimum absolute atomic E-state index is 0.0682. The molecule has 2 aliphatic carbocycles. The molecule has 0 bridgehead atoms. The largest absolute Gasteiger partial charge is 0.310 e. The van der Waals surface area contributed by atoms with Crippen LogP contribution in [0.2, 0.25) is 0 Å². The number of fused-ring (bicyclic) bond motifs is 6. The SMILES string of the molecule is CC1(C)c2ccccc2-c2c1cc1cc3c4c(cc(N(c5ccccc5)c5ccccc5)c5ccc2c1c54)C(C)(C)c1ccccc1-3. The minimum Gasteiger partial charge on any atom is -0.310 e. The van der Waals surface area contributed by atoms with E-state index in [1.165, 1.54) is 82.5 Å². The Balaban J connectivity index is 1.43. The monoisotopic (exact) mass is 601 g/mol. The lowest BCUT2D eigenvalue weighted by molar-refractivity contribution is 0.645. The third kappa shape index (κ3) is 3.39. The van der Waals surface area contributed by atoms with Crippen LogP contribution in [0.5, 0.6) is 0 Å². The zero-order valence-corrected chi connectivity index (χ0v) is 27.2. The van der Waals surface area contributed by atoms with Crippen molar-refractivity contribution in [3.8, 4) is 22.3 Å². The van der Waals surface area contributed by atoms with Gasteiger partial charge >= 0.3 is 0 Å². The molecule has 224 valence electrons. The number of para-hydroxylation sites is 2. The smallest absolute Gasteiger partial charge is 0.0543 e. The molecule has 8 aromatic rings. The van der Waals surface area contributed by atoms with Crippen LogP contribution in [-0.2, 0) is 10.8 Å². The number of hydrogen-bond donors (Lipinski definition) is 0. The quantitative estimate of drug-likeness (QED) is 0.182. The van der Waals surface area contributed by atoms with Crippen LogP contribution in [0.25, 0.3) is 54.6 Å². The molecular formula is C46H35N. The Hall–Kier alpha value is -5.40. The van der Waals surface area contributed by atoms with Crippen molar-refractivity contribution in [3.05, 3.63) is 162 Å². The van der Waals surface area contributed by atoms with Gasteiger partial charge in [-0.15, -0.1) is 0 Å². The van der Waals surface area contributed by atoms with E-state index in [0.29, 0.717) is 0 Å². The van der Waals surface area contributed by atoms with Gasteiger partial charge in [-0.1, -0.05) is 125 Å². The van der Waals surface area contributed by atoms with Crippen molar-refractivity contribution in [3.63, 3.8) is 0 Å². The molecule has 0 amide bonds. The molecule has 0 saturated carbocycles. The summed E-state index contributed by atoms with van der Waals surface area (Å²) in [7, 11) is 0. The van der Waals surface area contributed by atoms with E-state index in [2.05, 4.69) is 172 Å². The van der Waals surface area contributed by atoms with Crippen LogP contribution in [0, 0.1) is 0 Å². The van der Waals surface area contributed by atoms with E-state index in [9.17, 15) is 0 Å². The molecule has 0 unspecified atom stereocenters. The molecule has 47 heavy (non-hydrogen) atoms. The van der Waals surface area contributed by atoms with Crippen molar-refractivity contribution in [2.45, 2.75) is 38.5 Å². The lowest BCUT2D eigenvalue weighted by atomic mass is 9.67. The Labute approximate surface area is 276 Å². The van der Waals surface area contributed by atoms with Gasteiger partial charge in [0.05, 0.1) is 5.69 Å². The standard InChI is InChI=1S/C46H35N/c1-45(2)36-21-13-11-19-31(36)35-25-28-26-38-42(32-20-12-14-22-37(32)46(38,3)4)34-24-23-33-40(27-39(45)43(35)44(33)41(28)34)47(29-15-7-5-8-16-29)30-17-9-6-10-18-30/h5-27H,1-4H3. The molecule has 1 heteroatoms. The third-order valence-electron chi connectivity index (χ3n) is 11.4. The van der Waals surface area contributed by atoms with Crippen LogP contribution in [0.4, 0.5) is 17.1 Å². The average molecular weight is 602 g/mol. The second-order valence-corrected chi connectivity index (χ2v) is 14.5. The van der Waals surface area contributed by atoms with E-state index < -0.39 is 0 Å². The van der Waals surface area contributed by atoms with Crippen molar-refractivity contribution < 1.29 is 0 Å². The number of benzene rings is 8. The van der Waals surface area contributed by atoms with Gasteiger partial charge in [0.15, 0.2) is 0 Å². The number of hydrogen-bond acceptors (Lipinski definition) is 1. The van der Waals surface area contributed by atoms with Gasteiger partial charge in [0.25, 0.3) is 0 Å². The summed E-state index contributed by atoms with van der Waals surface area (Å²) in [4.78, 5) is 2.46. The fourth-order valence-corrected chi connectivity index (χ4v) is 9.13. The van der Waals surface area contributed by atoms with Crippen LogP contribution in [-0.4, -0.2) is 0 Å². The van der Waals surface area contributed by atoms with Crippen LogP contribution >= 0.6 is 0 Å². The van der Waals surface area contributed by atoms with Gasteiger partial charge in [0, 0.05) is 33.0 Å². The Morgan fingerprint density at radius 2 is 0.957 bits per heavy atom. The lowest BCUT2D eigenvalue weighted by Gasteiger charge is -2.38. The van der Waals surface area contributed by atoms with Gasteiger partial charge in [-0.25, -0.2) is 0 Å². The highest BCUT2D eigenvalue weighted by Crippen LogP contribution is 2.58. The van der Waals surface area contributed by atoms with E-state index in [-0.39, 0.29) is 10.8 Å². The van der Waals surface area contributed by atoms with Gasteiger partial charge < -0.3 is 4.90 Å². The Kier molecular flexibility index (Phi) is 5.19. The van der Waals surface area contributed by atoms with E-state index >= 15 is 0 Å². The molecule has 0 heterocycles. The summed E-state index contributed by atoms with van der Waals surface area (Å²) < 4.78 is 0. The maximum Gasteiger partial charge on any atom is 0.0543 e. The summed E-state index contributed by atoms with van der Waals surface area (Å²) >= 11 is 0. The van der Waals surface area contributed by atoms with Gasteiger partial charge in [-0.2, -0.15) is 0 Å². The van der Waals surface area contributed by atoms with Crippen molar-refractivity contribution in [2.24, 2.45) is 0 Å². The first kappa shape index (κ1) is 26.8. The molecule has 8 aromatic carbocycles. The van der Waals surface area contributed by atoms with Gasteiger partial charge in [-0.05, 0) is 109 Å². The van der Waals surface area contributed by atoms with E-state index in [0.717, 1.165) is 11.4 Å². The fourth-order valence-electron chi connectivity index (χ4n) is 9.13. The molecule has 0 aliphatic heterocycles. The highest BCUT2D eigenvalue weighted by Gasteiger charge is 2.39. The zero-order chi connectivity index (χ0) is 31.7. The van der Waals surface area contributed by atoms with Crippen molar-refractivity contribution in [1.82, 2.24) is 0 Å². The third-order valence-corrected chi connectivity index (χ3v) is 11.4. The van der Waals surface area contributed by atoms with Crippen LogP contribution in [0.1, 0.15) is 49.9 Å². The topological polar surface area (TPSA) is 3.24 Å². The number of rotatable bonds is 3. The average Bonchev–Trinajstić information content (AvgIpc) is 3.33. The molecule has 1 nitrogen and oxygen atoms in total. The highest BCUT2D eigenvalue weighted by molar-refractivity contribution is 6.32. The normalized spacial score (nSPS) is 15.1. The Morgan fingerprint density at radius 3 is 1.64 bits per heavy atom. The second-order valence-electron chi connectivity index (χ2n) is 14.5. The first-order chi connectivity index (χ1) is 22.9. The molecule has 0 aromatic heterocycles. The molecule has 0 N–H and O–H groups in total. The van der Waals surface area contributed by atoms with E-state index in [1.54, 1.807) is 0 Å². The summed E-state index contributed by atoms with van der Waals surface area (Å²) in [6, 6.07) is 52.2. The van der Waals surface area contributed by atoms with Gasteiger partial charge in [0.2, 0.25) is 0 Å². The highest BCUT2D eigenvalue weighted by atomic mass is 15.1. The zero-order valence-electron chi connectivity index (χ0n) is 27.2. The predicted octanol–water partition coefficient (Wildman–Crippen LogP) is 12.7. The summed E-state index contributed by atoms with van der Waals surface area (Å²) in [6.07, 6.45) is 0. The molecule has 0 saturated heterocycles.